The number of nitrogens with one attached hydrogen (secondary N) is 4. The van der Waals surface area contributed by atoms with Gasteiger partial charge >= 0.3 is 5.69 Å². The van der Waals surface area contributed by atoms with Crippen molar-refractivity contribution in [2.45, 2.75) is 19.9 Å². The summed E-state index contributed by atoms with van der Waals surface area (Å²) >= 11 is 0. The second-order valence-corrected chi connectivity index (χ2v) is 6.62. The number of imidazole rings is 1. The third-order valence-corrected chi connectivity index (χ3v) is 4.21. The second-order valence-electron chi connectivity index (χ2n) is 6.62. The number of amides is 2. The molecule has 0 aliphatic carbocycles. The molecule has 3 rings (SSSR count). The third-order valence-electron chi connectivity index (χ3n) is 4.21. The van der Waals surface area contributed by atoms with E-state index in [0.29, 0.717) is 16.7 Å². The Morgan fingerprint density at radius 3 is 2.29 bits per heavy atom. The molecule has 7 nitrogen and oxygen atoms in total. The Bertz CT molecular complexity index is 1080. The lowest BCUT2D eigenvalue weighted by Gasteiger charge is -2.22. The van der Waals surface area contributed by atoms with Gasteiger partial charge in [-0.15, -0.1) is 0 Å². The number of rotatable bonds is 5. The van der Waals surface area contributed by atoms with Crippen molar-refractivity contribution in [1.29, 1.82) is 0 Å². The molecule has 28 heavy (non-hydrogen) atoms. The van der Waals surface area contributed by atoms with Gasteiger partial charge < -0.3 is 20.6 Å². The highest BCUT2D eigenvalue weighted by molar-refractivity contribution is 6.02. The first-order valence-corrected chi connectivity index (χ1v) is 8.54. The number of anilines is 1. The normalized spacial score (nSPS) is 12.2. The lowest BCUT2D eigenvalue weighted by atomic mass is 10.0. The summed E-state index contributed by atoms with van der Waals surface area (Å²) < 4.78 is 27.6. The fraction of sp³-hybridized carbons (Fsp3) is 0.211. The van der Waals surface area contributed by atoms with Gasteiger partial charge in [-0.2, -0.15) is 0 Å². The number of H-pyrrole nitrogens is 2. The van der Waals surface area contributed by atoms with Gasteiger partial charge in [-0.25, -0.2) is 13.6 Å². The molecule has 0 fully saturated rings. The number of hydrogen-bond acceptors (Lipinski definition) is 3. The Morgan fingerprint density at radius 2 is 1.64 bits per heavy atom. The first-order chi connectivity index (χ1) is 13.3. The molecule has 2 aromatic carbocycles. The van der Waals surface area contributed by atoms with Crippen LogP contribution in [0.2, 0.25) is 0 Å². The van der Waals surface area contributed by atoms with Crippen LogP contribution in [-0.4, -0.2) is 27.8 Å². The first-order valence-electron chi connectivity index (χ1n) is 8.54. The van der Waals surface area contributed by atoms with Gasteiger partial charge in [0.1, 0.15) is 23.2 Å². The van der Waals surface area contributed by atoms with Gasteiger partial charge in [0.05, 0.1) is 11.0 Å². The molecule has 4 N–H and O–H groups in total. The summed E-state index contributed by atoms with van der Waals surface area (Å²) in [5, 5.41) is 5.01. The predicted molar refractivity (Wildman–Crippen MR) is 100.0 cm³/mol. The van der Waals surface area contributed by atoms with Crippen molar-refractivity contribution in [3.8, 4) is 0 Å². The van der Waals surface area contributed by atoms with Crippen LogP contribution in [0.1, 0.15) is 24.2 Å². The molecule has 0 saturated carbocycles. The Labute approximate surface area is 158 Å². The van der Waals surface area contributed by atoms with E-state index < -0.39 is 35.1 Å². The van der Waals surface area contributed by atoms with E-state index in [1.807, 2.05) is 0 Å². The number of carbonyl (C=O) groups is 2. The van der Waals surface area contributed by atoms with Crippen LogP contribution in [0, 0.1) is 17.6 Å². The standard InChI is InChI=1S/C19H18F2N4O3/c1-9(2)16(25-17(26)15-11(20)4-3-5-12(15)21)18(27)22-10-6-7-13-14(8-10)24-19(28)23-13/h3-9,16H,1-2H3,(H,22,27)(H,25,26)(H2,23,24,28). The van der Waals surface area contributed by atoms with E-state index in [-0.39, 0.29) is 11.6 Å². The van der Waals surface area contributed by atoms with Gasteiger partial charge in [-0.05, 0) is 36.2 Å². The molecule has 2 amide bonds. The summed E-state index contributed by atoms with van der Waals surface area (Å²) in [6.07, 6.45) is 0. The van der Waals surface area contributed by atoms with E-state index >= 15 is 0 Å². The summed E-state index contributed by atoms with van der Waals surface area (Å²) in [4.78, 5) is 41.4. The highest BCUT2D eigenvalue weighted by Gasteiger charge is 2.27. The lowest BCUT2D eigenvalue weighted by molar-refractivity contribution is -0.118. The minimum atomic E-state index is -1.03. The molecule has 0 spiro atoms. The SMILES string of the molecule is CC(C)C(NC(=O)c1c(F)cccc1F)C(=O)Nc1ccc2[nH]c(=O)[nH]c2c1. The van der Waals surface area contributed by atoms with Crippen molar-refractivity contribution in [2.24, 2.45) is 5.92 Å². The van der Waals surface area contributed by atoms with E-state index in [1.165, 1.54) is 0 Å². The van der Waals surface area contributed by atoms with Crippen molar-refractivity contribution >= 4 is 28.5 Å². The molecule has 0 aliphatic rings. The van der Waals surface area contributed by atoms with Crippen LogP contribution >= 0.6 is 0 Å². The summed E-state index contributed by atoms with van der Waals surface area (Å²) in [5.41, 5.74) is 0.350. The summed E-state index contributed by atoms with van der Waals surface area (Å²) in [6, 6.07) is 6.80. The van der Waals surface area contributed by atoms with Crippen LogP contribution in [-0.2, 0) is 4.79 Å². The molecule has 0 saturated heterocycles. The number of halogens is 2. The van der Waals surface area contributed by atoms with Crippen LogP contribution < -0.4 is 16.3 Å². The maximum absolute atomic E-state index is 13.8. The largest absolute Gasteiger partial charge is 0.340 e. The van der Waals surface area contributed by atoms with E-state index in [9.17, 15) is 23.2 Å². The molecular weight excluding hydrogens is 370 g/mol. The minimum Gasteiger partial charge on any atom is -0.340 e. The molecule has 3 aromatic rings. The molecule has 0 radical (unpaired) electrons. The van der Waals surface area contributed by atoms with E-state index in [0.717, 1.165) is 18.2 Å². The van der Waals surface area contributed by atoms with E-state index in [4.69, 9.17) is 0 Å². The van der Waals surface area contributed by atoms with Crippen molar-refractivity contribution in [2.75, 3.05) is 5.32 Å². The van der Waals surface area contributed by atoms with Crippen molar-refractivity contribution in [3.05, 3.63) is 64.1 Å². The summed E-state index contributed by atoms with van der Waals surface area (Å²) in [7, 11) is 0. The van der Waals surface area contributed by atoms with Gasteiger partial charge in [0.15, 0.2) is 0 Å². The highest BCUT2D eigenvalue weighted by atomic mass is 19.1. The number of benzene rings is 2. The van der Waals surface area contributed by atoms with Crippen molar-refractivity contribution < 1.29 is 18.4 Å². The molecule has 0 aliphatic heterocycles. The number of aromatic nitrogens is 2. The van der Waals surface area contributed by atoms with Crippen LogP contribution in [0.5, 0.6) is 0 Å². The van der Waals surface area contributed by atoms with Crippen molar-refractivity contribution in [3.63, 3.8) is 0 Å². The quantitative estimate of drug-likeness (QED) is 0.539. The average molecular weight is 388 g/mol. The Hall–Kier alpha value is -3.49. The minimum absolute atomic E-state index is 0.352. The molecule has 1 aromatic heterocycles. The molecule has 0 bridgehead atoms. The molecule has 1 heterocycles. The van der Waals surface area contributed by atoms with Crippen LogP contribution in [0.3, 0.4) is 0 Å². The van der Waals surface area contributed by atoms with Crippen LogP contribution in [0.4, 0.5) is 14.5 Å². The maximum Gasteiger partial charge on any atom is 0.323 e. The lowest BCUT2D eigenvalue weighted by Crippen LogP contribution is -2.47. The molecule has 1 atom stereocenters. The molecule has 146 valence electrons. The van der Waals surface area contributed by atoms with Crippen LogP contribution in [0.25, 0.3) is 11.0 Å². The predicted octanol–water partition coefficient (Wildman–Crippen LogP) is 2.53. The Morgan fingerprint density at radius 1 is 1.00 bits per heavy atom. The number of carbonyl (C=O) groups excluding carboxylic acids is 2. The maximum atomic E-state index is 13.8. The van der Waals surface area contributed by atoms with Crippen molar-refractivity contribution in [1.82, 2.24) is 15.3 Å². The molecule has 1 unspecified atom stereocenters. The van der Waals surface area contributed by atoms with E-state index in [1.54, 1.807) is 32.0 Å². The summed E-state index contributed by atoms with van der Waals surface area (Å²) in [5.74, 6) is -3.95. The first kappa shape index (κ1) is 19.3. The fourth-order valence-electron chi connectivity index (χ4n) is 2.79. The van der Waals surface area contributed by atoms with Gasteiger partial charge in [-0.3, -0.25) is 9.59 Å². The van der Waals surface area contributed by atoms with Gasteiger partial charge in [-0.1, -0.05) is 19.9 Å². The monoisotopic (exact) mass is 388 g/mol. The van der Waals surface area contributed by atoms with Gasteiger partial charge in [0.2, 0.25) is 5.91 Å². The molecular formula is C19H18F2N4O3. The Balaban J connectivity index is 1.79. The number of fused-ring (bicyclic) bond motifs is 1. The fourth-order valence-corrected chi connectivity index (χ4v) is 2.79. The second kappa shape index (κ2) is 7.63. The zero-order valence-electron chi connectivity index (χ0n) is 15.1. The van der Waals surface area contributed by atoms with E-state index in [2.05, 4.69) is 20.6 Å². The zero-order valence-corrected chi connectivity index (χ0v) is 15.1. The third kappa shape index (κ3) is 3.93. The number of aromatic amines is 2. The van der Waals surface area contributed by atoms with Gasteiger partial charge in [0, 0.05) is 5.69 Å². The Kier molecular flexibility index (Phi) is 5.25. The van der Waals surface area contributed by atoms with Crippen LogP contribution in [0.15, 0.2) is 41.2 Å². The zero-order chi connectivity index (χ0) is 20.4. The highest BCUT2D eigenvalue weighted by Crippen LogP contribution is 2.17. The smallest absolute Gasteiger partial charge is 0.323 e. The van der Waals surface area contributed by atoms with Gasteiger partial charge in [0.25, 0.3) is 5.91 Å². The molecule has 9 heteroatoms. The topological polar surface area (TPSA) is 107 Å². The number of hydrogen-bond donors (Lipinski definition) is 4. The average Bonchev–Trinajstić information content (AvgIpc) is 2.98. The summed E-state index contributed by atoms with van der Waals surface area (Å²) in [6.45, 7) is 3.38.